The Bertz CT molecular complexity index is 1010. The zero-order valence-corrected chi connectivity index (χ0v) is 23.4. The van der Waals surface area contributed by atoms with Crippen LogP contribution in [0.5, 0.6) is 0 Å². The molecule has 0 aromatic heterocycles. The number of aliphatic carboxylic acids is 1. The minimum absolute atomic E-state index is 0.0374. The van der Waals surface area contributed by atoms with Crippen LogP contribution in [0.25, 0.3) is 0 Å². The number of fused-ring (bicyclic) bond motifs is 7. The molecule has 0 aromatic rings. The van der Waals surface area contributed by atoms with E-state index in [1.807, 2.05) is 20.8 Å². The van der Waals surface area contributed by atoms with Gasteiger partial charge in [-0.15, -0.1) is 0 Å². The average molecular weight is 521 g/mol. The van der Waals surface area contributed by atoms with E-state index in [2.05, 4.69) is 26.8 Å². The van der Waals surface area contributed by atoms with E-state index >= 15 is 0 Å². The van der Waals surface area contributed by atoms with Gasteiger partial charge < -0.3 is 30.6 Å². The predicted molar refractivity (Wildman–Crippen MR) is 138 cm³/mol. The molecule has 4 fully saturated rings. The molecular weight excluding hydrogens is 472 g/mol. The highest BCUT2D eigenvalue weighted by atomic mass is 16.4. The van der Waals surface area contributed by atoms with Gasteiger partial charge in [-0.1, -0.05) is 53.2 Å². The number of aliphatic hydroxyl groups excluding tert-OH is 5. The Kier molecular flexibility index (Phi) is 5.98. The molecule has 5 aliphatic rings. The summed E-state index contributed by atoms with van der Waals surface area (Å²) < 4.78 is 0. The average Bonchev–Trinajstić information content (AvgIpc) is 2.79. The third kappa shape index (κ3) is 3.15. The van der Waals surface area contributed by atoms with Gasteiger partial charge in [-0.2, -0.15) is 0 Å². The quantitative estimate of drug-likeness (QED) is 0.308. The minimum Gasteiger partial charge on any atom is -0.481 e. The number of carboxylic acids is 1. The first-order valence-corrected chi connectivity index (χ1v) is 14.2. The van der Waals surface area contributed by atoms with Crippen molar-refractivity contribution in [2.45, 2.75) is 111 Å². The molecule has 0 aliphatic heterocycles. The van der Waals surface area contributed by atoms with Crippen molar-refractivity contribution in [3.8, 4) is 0 Å². The summed E-state index contributed by atoms with van der Waals surface area (Å²) in [4.78, 5) is 12.9. The van der Waals surface area contributed by atoms with Crippen molar-refractivity contribution in [2.75, 3.05) is 6.61 Å². The second-order valence-corrected chi connectivity index (χ2v) is 15.2. The molecule has 0 aromatic carbocycles. The summed E-state index contributed by atoms with van der Waals surface area (Å²) in [6, 6.07) is 0. The monoisotopic (exact) mass is 520 g/mol. The van der Waals surface area contributed by atoms with Crippen LogP contribution in [0.2, 0.25) is 0 Å². The standard InChI is InChI=1S/C30H48O7/c1-25(2)11-17-16-7-8-20-26(3)12-18(32)23(35)27(4,15-31)19(26)9-10-28(20,5)29(16,6)13-22(34)30(17,24(36)37)14-21(25)33/h7,17-23,31-35H,8-15H2,1-6H3,(H,36,37)/t17-,18-,19+,20+,21-,22-,23-,26-,27-,28+,29+,30+/m0/s1. The van der Waals surface area contributed by atoms with Crippen LogP contribution in [0.3, 0.4) is 0 Å². The molecule has 0 heterocycles. The molecule has 7 heteroatoms. The predicted octanol–water partition coefficient (Wildman–Crippen LogP) is 3.12. The SMILES string of the molecule is CC1(C)C[C@H]2C3=CC[C@@H]4[C@@]5(C)C[C@H](O)[C@H](O)[C@@](C)(CO)[C@@H]5CC[C@@]4(C)[C@]3(C)C[C@H](O)[C@@]2(C(=O)O)C[C@@H]1O. The minimum atomic E-state index is -1.40. The van der Waals surface area contributed by atoms with Crippen LogP contribution < -0.4 is 0 Å². The van der Waals surface area contributed by atoms with Crippen molar-refractivity contribution in [3.05, 3.63) is 11.6 Å². The Morgan fingerprint density at radius 1 is 0.919 bits per heavy atom. The molecule has 37 heavy (non-hydrogen) atoms. The van der Waals surface area contributed by atoms with Crippen LogP contribution >= 0.6 is 0 Å². The van der Waals surface area contributed by atoms with E-state index in [9.17, 15) is 35.4 Å². The third-order valence-electron chi connectivity index (χ3n) is 13.4. The first kappa shape index (κ1) is 27.6. The van der Waals surface area contributed by atoms with Crippen LogP contribution in [0.4, 0.5) is 0 Å². The number of carbonyl (C=O) groups is 1. The Labute approximate surface area is 221 Å². The van der Waals surface area contributed by atoms with E-state index in [0.717, 1.165) is 24.8 Å². The fourth-order valence-corrected chi connectivity index (χ4v) is 10.9. The van der Waals surface area contributed by atoms with Crippen molar-refractivity contribution in [2.24, 2.45) is 50.2 Å². The van der Waals surface area contributed by atoms with Gasteiger partial charge in [0.2, 0.25) is 0 Å². The maximum atomic E-state index is 12.9. The summed E-state index contributed by atoms with van der Waals surface area (Å²) in [7, 11) is 0. The molecule has 6 N–H and O–H groups in total. The number of hydrogen-bond donors (Lipinski definition) is 6. The molecule has 0 bridgehead atoms. The maximum absolute atomic E-state index is 12.9. The van der Waals surface area contributed by atoms with E-state index in [0.29, 0.717) is 19.3 Å². The lowest BCUT2D eigenvalue weighted by Crippen LogP contribution is -2.70. The Morgan fingerprint density at radius 2 is 1.57 bits per heavy atom. The van der Waals surface area contributed by atoms with E-state index in [1.54, 1.807) is 0 Å². The molecule has 0 unspecified atom stereocenters. The first-order valence-electron chi connectivity index (χ1n) is 14.2. The van der Waals surface area contributed by atoms with Crippen LogP contribution in [-0.2, 0) is 4.79 Å². The van der Waals surface area contributed by atoms with Gasteiger partial charge in [0.1, 0.15) is 5.41 Å². The molecule has 0 radical (unpaired) electrons. The molecule has 0 amide bonds. The van der Waals surface area contributed by atoms with Gasteiger partial charge in [0.25, 0.3) is 0 Å². The summed E-state index contributed by atoms with van der Waals surface area (Å²) >= 11 is 0. The zero-order chi connectivity index (χ0) is 27.6. The third-order valence-corrected chi connectivity index (χ3v) is 13.4. The fourth-order valence-electron chi connectivity index (χ4n) is 10.9. The Balaban J connectivity index is 1.64. The van der Waals surface area contributed by atoms with Gasteiger partial charge in [-0.3, -0.25) is 4.79 Å². The zero-order valence-electron chi connectivity index (χ0n) is 23.4. The highest BCUT2D eigenvalue weighted by molar-refractivity contribution is 5.78. The molecular formula is C30H48O7. The maximum Gasteiger partial charge on any atom is 0.312 e. The molecule has 4 saturated carbocycles. The number of hydrogen-bond acceptors (Lipinski definition) is 6. The molecule has 5 aliphatic carbocycles. The van der Waals surface area contributed by atoms with Crippen molar-refractivity contribution in [3.63, 3.8) is 0 Å². The molecule has 12 atom stereocenters. The smallest absolute Gasteiger partial charge is 0.312 e. The summed E-state index contributed by atoms with van der Waals surface area (Å²) in [6.45, 7) is 12.4. The second kappa shape index (κ2) is 8.03. The topological polar surface area (TPSA) is 138 Å². The lowest BCUT2D eigenvalue weighted by atomic mass is 9.33. The van der Waals surface area contributed by atoms with E-state index in [1.165, 1.54) is 0 Å². The lowest BCUT2D eigenvalue weighted by Gasteiger charge is -2.72. The molecule has 7 nitrogen and oxygen atoms in total. The van der Waals surface area contributed by atoms with Gasteiger partial charge >= 0.3 is 5.97 Å². The molecule has 0 spiro atoms. The molecule has 210 valence electrons. The first-order chi connectivity index (χ1) is 17.0. The van der Waals surface area contributed by atoms with Crippen LogP contribution in [0.15, 0.2) is 11.6 Å². The normalized spacial score (nSPS) is 56.7. The molecule has 0 saturated heterocycles. The number of allylic oxidation sites excluding steroid dienone is 2. The van der Waals surface area contributed by atoms with Gasteiger partial charge in [-0.25, -0.2) is 0 Å². The molecule has 5 rings (SSSR count). The number of rotatable bonds is 2. The summed E-state index contributed by atoms with van der Waals surface area (Å²) in [5.74, 6) is -1.20. The van der Waals surface area contributed by atoms with Gasteiger partial charge in [0.05, 0.1) is 31.0 Å². The fraction of sp³-hybridized carbons (Fsp3) is 0.900. The Hall–Kier alpha value is -0.990. The van der Waals surface area contributed by atoms with Crippen molar-refractivity contribution in [1.29, 1.82) is 0 Å². The van der Waals surface area contributed by atoms with E-state index in [4.69, 9.17) is 0 Å². The number of carboxylic acid groups (broad SMARTS) is 1. The largest absolute Gasteiger partial charge is 0.481 e. The van der Waals surface area contributed by atoms with Crippen molar-refractivity contribution >= 4 is 5.97 Å². The van der Waals surface area contributed by atoms with E-state index in [-0.39, 0.29) is 41.6 Å². The summed E-state index contributed by atoms with van der Waals surface area (Å²) in [6.07, 6.45) is 2.18. The Morgan fingerprint density at radius 3 is 2.16 bits per heavy atom. The van der Waals surface area contributed by atoms with Crippen molar-refractivity contribution in [1.82, 2.24) is 0 Å². The second-order valence-electron chi connectivity index (χ2n) is 15.2. The van der Waals surface area contributed by atoms with Gasteiger partial charge in [-0.05, 0) is 84.4 Å². The van der Waals surface area contributed by atoms with Gasteiger partial charge in [0, 0.05) is 5.41 Å². The van der Waals surface area contributed by atoms with Gasteiger partial charge in [0.15, 0.2) is 0 Å². The van der Waals surface area contributed by atoms with Crippen LogP contribution in [0, 0.1) is 50.2 Å². The highest BCUT2D eigenvalue weighted by Crippen LogP contribution is 2.75. The van der Waals surface area contributed by atoms with Crippen LogP contribution in [0.1, 0.15) is 86.5 Å². The van der Waals surface area contributed by atoms with Crippen LogP contribution in [-0.4, -0.2) is 67.6 Å². The number of aliphatic hydroxyl groups is 5. The summed E-state index contributed by atoms with van der Waals surface area (Å²) in [5, 5.41) is 65.5. The van der Waals surface area contributed by atoms with E-state index < -0.39 is 52.0 Å². The lowest BCUT2D eigenvalue weighted by molar-refractivity contribution is -0.250. The summed E-state index contributed by atoms with van der Waals surface area (Å²) in [5.41, 5.74) is -2.56. The highest BCUT2D eigenvalue weighted by Gasteiger charge is 2.72. The van der Waals surface area contributed by atoms with Crippen molar-refractivity contribution < 1.29 is 35.4 Å².